The molecule has 0 bridgehead atoms. The summed E-state index contributed by atoms with van der Waals surface area (Å²) in [6.07, 6.45) is 1.70. The minimum atomic E-state index is -3.76. The highest BCUT2D eigenvalue weighted by Crippen LogP contribution is 2.18. The fraction of sp³-hybridized carbons (Fsp3) is 0.158. The van der Waals surface area contributed by atoms with Gasteiger partial charge in [-0.1, -0.05) is 36.4 Å². The molecule has 2 N–H and O–H groups in total. The molecule has 0 atom stereocenters. The lowest BCUT2D eigenvalue weighted by Crippen LogP contribution is -2.24. The van der Waals surface area contributed by atoms with Gasteiger partial charge in [0.2, 0.25) is 10.0 Å². The van der Waals surface area contributed by atoms with E-state index in [9.17, 15) is 13.2 Å². The summed E-state index contributed by atoms with van der Waals surface area (Å²) in [5, 5.41) is 6.73. The summed E-state index contributed by atoms with van der Waals surface area (Å²) in [6.45, 7) is 1.87. The molecule has 140 valence electrons. The molecule has 1 heterocycles. The van der Waals surface area contributed by atoms with Crippen LogP contribution in [0.3, 0.4) is 0 Å². The summed E-state index contributed by atoms with van der Waals surface area (Å²) in [4.78, 5) is 12.5. The maximum absolute atomic E-state index is 12.7. The molecule has 7 nitrogen and oxygen atoms in total. The van der Waals surface area contributed by atoms with Crippen LogP contribution in [-0.2, 0) is 23.6 Å². The average molecular weight is 384 g/mol. The number of nitrogens with one attached hydrogen (secondary N) is 2. The number of aromatic nitrogens is 2. The lowest BCUT2D eigenvalue weighted by Gasteiger charge is -2.11. The lowest BCUT2D eigenvalue weighted by atomic mass is 10.1. The SMILES string of the molecule is Cc1ccc(C(=O)Nc2ccn(C)n2)cc1S(=O)(=O)NCc1ccccc1. The van der Waals surface area contributed by atoms with Crippen molar-refractivity contribution < 1.29 is 13.2 Å². The van der Waals surface area contributed by atoms with E-state index in [-0.39, 0.29) is 17.0 Å². The Morgan fingerprint density at radius 1 is 1.11 bits per heavy atom. The summed E-state index contributed by atoms with van der Waals surface area (Å²) in [6, 6.07) is 15.5. The van der Waals surface area contributed by atoms with Crippen molar-refractivity contribution in [2.45, 2.75) is 18.4 Å². The number of benzene rings is 2. The Balaban J connectivity index is 1.80. The highest BCUT2D eigenvalue weighted by Gasteiger charge is 2.19. The molecule has 27 heavy (non-hydrogen) atoms. The van der Waals surface area contributed by atoms with E-state index in [1.807, 2.05) is 30.3 Å². The Morgan fingerprint density at radius 2 is 1.85 bits per heavy atom. The maximum atomic E-state index is 12.7. The number of hydrogen-bond acceptors (Lipinski definition) is 4. The molecule has 0 saturated heterocycles. The number of rotatable bonds is 6. The van der Waals surface area contributed by atoms with Crippen LogP contribution < -0.4 is 10.0 Å². The van der Waals surface area contributed by atoms with Gasteiger partial charge in [-0.25, -0.2) is 13.1 Å². The van der Waals surface area contributed by atoms with Gasteiger partial charge in [-0.05, 0) is 30.2 Å². The van der Waals surface area contributed by atoms with Crippen molar-refractivity contribution in [3.8, 4) is 0 Å². The van der Waals surface area contributed by atoms with Gasteiger partial charge in [0.15, 0.2) is 5.82 Å². The van der Waals surface area contributed by atoms with Gasteiger partial charge in [-0.15, -0.1) is 0 Å². The van der Waals surface area contributed by atoms with E-state index in [2.05, 4.69) is 15.1 Å². The topological polar surface area (TPSA) is 93.1 Å². The van der Waals surface area contributed by atoms with Crippen molar-refractivity contribution in [1.29, 1.82) is 0 Å². The van der Waals surface area contributed by atoms with Gasteiger partial charge in [-0.3, -0.25) is 9.48 Å². The maximum Gasteiger partial charge on any atom is 0.256 e. The molecule has 8 heteroatoms. The van der Waals surface area contributed by atoms with Crippen LogP contribution in [0.15, 0.2) is 65.7 Å². The summed E-state index contributed by atoms with van der Waals surface area (Å²) in [5.74, 6) is -0.0251. The van der Waals surface area contributed by atoms with Crippen LogP contribution in [0.5, 0.6) is 0 Å². The first-order valence-electron chi connectivity index (χ1n) is 8.30. The zero-order chi connectivity index (χ0) is 19.4. The summed E-state index contributed by atoms with van der Waals surface area (Å²) in [7, 11) is -2.02. The van der Waals surface area contributed by atoms with Crippen molar-refractivity contribution in [2.75, 3.05) is 5.32 Å². The van der Waals surface area contributed by atoms with Crippen molar-refractivity contribution in [3.63, 3.8) is 0 Å². The van der Waals surface area contributed by atoms with E-state index < -0.39 is 15.9 Å². The first kappa shape index (κ1) is 18.8. The second kappa shape index (κ2) is 7.73. The molecule has 0 radical (unpaired) electrons. The number of hydrogen-bond donors (Lipinski definition) is 2. The third-order valence-corrected chi connectivity index (χ3v) is 5.55. The van der Waals surface area contributed by atoms with Crippen molar-refractivity contribution in [3.05, 3.63) is 77.5 Å². The van der Waals surface area contributed by atoms with E-state index in [1.165, 1.54) is 6.07 Å². The van der Waals surface area contributed by atoms with Crippen LogP contribution in [0, 0.1) is 6.92 Å². The molecule has 0 aliphatic carbocycles. The third-order valence-electron chi connectivity index (χ3n) is 4.00. The predicted octanol–water partition coefficient (Wildman–Crippen LogP) is 2.46. The Hall–Kier alpha value is -2.97. The Morgan fingerprint density at radius 3 is 2.52 bits per heavy atom. The second-order valence-corrected chi connectivity index (χ2v) is 7.85. The second-order valence-electron chi connectivity index (χ2n) is 6.12. The fourth-order valence-electron chi connectivity index (χ4n) is 2.55. The summed E-state index contributed by atoms with van der Waals surface area (Å²) in [5.41, 5.74) is 1.65. The smallest absolute Gasteiger partial charge is 0.256 e. The number of carbonyl (C=O) groups excluding carboxylic acids is 1. The highest BCUT2D eigenvalue weighted by molar-refractivity contribution is 7.89. The molecule has 1 aromatic heterocycles. The number of sulfonamides is 1. The molecule has 0 aliphatic rings. The molecule has 0 saturated carbocycles. The molecule has 3 rings (SSSR count). The largest absolute Gasteiger partial charge is 0.305 e. The third kappa shape index (κ3) is 4.60. The minimum Gasteiger partial charge on any atom is -0.305 e. The van der Waals surface area contributed by atoms with Gasteiger partial charge in [0, 0.05) is 31.4 Å². The summed E-state index contributed by atoms with van der Waals surface area (Å²) >= 11 is 0. The molecule has 0 aliphatic heterocycles. The molecule has 0 unspecified atom stereocenters. The van der Waals surface area contributed by atoms with E-state index >= 15 is 0 Å². The monoisotopic (exact) mass is 384 g/mol. The Labute approximate surface area is 158 Å². The van der Waals surface area contributed by atoms with Gasteiger partial charge >= 0.3 is 0 Å². The Bertz CT molecular complexity index is 1060. The van der Waals surface area contributed by atoms with E-state index in [1.54, 1.807) is 43.0 Å². The van der Waals surface area contributed by atoms with E-state index in [0.717, 1.165) is 5.56 Å². The average Bonchev–Trinajstić information content (AvgIpc) is 3.06. The van der Waals surface area contributed by atoms with Crippen LogP contribution in [0.1, 0.15) is 21.5 Å². The van der Waals surface area contributed by atoms with Crippen LogP contribution >= 0.6 is 0 Å². The van der Waals surface area contributed by atoms with Gasteiger partial charge in [0.25, 0.3) is 5.91 Å². The molecule has 2 aromatic carbocycles. The highest BCUT2D eigenvalue weighted by atomic mass is 32.2. The molecule has 1 amide bonds. The zero-order valence-electron chi connectivity index (χ0n) is 15.0. The lowest BCUT2D eigenvalue weighted by molar-refractivity contribution is 0.102. The van der Waals surface area contributed by atoms with Crippen molar-refractivity contribution >= 4 is 21.7 Å². The van der Waals surface area contributed by atoms with Crippen LogP contribution in [0.4, 0.5) is 5.82 Å². The number of carbonyl (C=O) groups is 1. The Kier molecular flexibility index (Phi) is 5.38. The molecule has 0 fully saturated rings. The van der Waals surface area contributed by atoms with E-state index in [0.29, 0.717) is 11.4 Å². The summed E-state index contributed by atoms with van der Waals surface area (Å²) < 4.78 is 29.5. The fourth-order valence-corrected chi connectivity index (χ4v) is 3.84. The van der Waals surface area contributed by atoms with Crippen LogP contribution in [0.2, 0.25) is 0 Å². The first-order valence-corrected chi connectivity index (χ1v) is 9.79. The van der Waals surface area contributed by atoms with Crippen molar-refractivity contribution in [1.82, 2.24) is 14.5 Å². The normalized spacial score (nSPS) is 11.3. The zero-order valence-corrected chi connectivity index (χ0v) is 15.8. The van der Waals surface area contributed by atoms with Gasteiger partial charge < -0.3 is 5.32 Å². The molecule has 3 aromatic rings. The molecular weight excluding hydrogens is 364 g/mol. The van der Waals surface area contributed by atoms with Crippen molar-refractivity contribution in [2.24, 2.45) is 7.05 Å². The number of anilines is 1. The number of amides is 1. The number of nitrogens with zero attached hydrogens (tertiary/aromatic N) is 2. The van der Waals surface area contributed by atoms with Crippen LogP contribution in [0.25, 0.3) is 0 Å². The number of aryl methyl sites for hydroxylation is 2. The quantitative estimate of drug-likeness (QED) is 0.683. The first-order chi connectivity index (χ1) is 12.8. The molecular formula is C19H20N4O3S. The predicted molar refractivity (Wildman–Crippen MR) is 103 cm³/mol. The van der Waals surface area contributed by atoms with Gasteiger partial charge in [0.05, 0.1) is 4.90 Å². The van der Waals surface area contributed by atoms with Gasteiger partial charge in [0.1, 0.15) is 0 Å². The standard InChI is InChI=1S/C19H20N4O3S/c1-14-8-9-16(19(24)21-18-10-11-23(2)22-18)12-17(14)27(25,26)20-13-15-6-4-3-5-7-15/h3-12,20H,13H2,1-2H3,(H,21,22,24). The minimum absolute atomic E-state index is 0.0760. The van der Waals surface area contributed by atoms with E-state index in [4.69, 9.17) is 0 Å². The molecule has 0 spiro atoms. The van der Waals surface area contributed by atoms with Crippen LogP contribution in [-0.4, -0.2) is 24.1 Å². The van der Waals surface area contributed by atoms with Gasteiger partial charge in [-0.2, -0.15) is 5.10 Å².